The van der Waals surface area contributed by atoms with Crippen LogP contribution in [0.15, 0.2) is 0 Å². The van der Waals surface area contributed by atoms with Gasteiger partial charge in [-0.2, -0.15) is 0 Å². The summed E-state index contributed by atoms with van der Waals surface area (Å²) in [6, 6.07) is 0.431. The lowest BCUT2D eigenvalue weighted by molar-refractivity contribution is -0.138. The second kappa shape index (κ2) is 7.96. The molecule has 5 heteroatoms. The molecule has 4 N–H and O–H groups in total. The van der Waals surface area contributed by atoms with E-state index in [0.717, 1.165) is 38.5 Å². The van der Waals surface area contributed by atoms with Crippen LogP contribution in [-0.2, 0) is 4.79 Å². The van der Waals surface area contributed by atoms with Crippen molar-refractivity contribution in [2.24, 2.45) is 17.6 Å². The molecule has 5 nitrogen and oxygen atoms in total. The molecule has 2 fully saturated rings. The van der Waals surface area contributed by atoms with E-state index in [9.17, 15) is 4.79 Å². The molecule has 0 radical (unpaired) electrons. The topological polar surface area (TPSA) is 78.6 Å². The largest absolute Gasteiger partial charge is 0.481 e. The molecular formula is C15H29N3O2. The van der Waals surface area contributed by atoms with Crippen LogP contribution in [0.5, 0.6) is 0 Å². The zero-order valence-corrected chi connectivity index (χ0v) is 12.4. The number of carbonyl (C=O) groups is 1. The highest BCUT2D eigenvalue weighted by Crippen LogP contribution is 2.25. The normalized spacial score (nSPS) is 28.9. The first-order chi connectivity index (χ1) is 9.67. The van der Waals surface area contributed by atoms with Crippen LogP contribution in [0.2, 0.25) is 0 Å². The third kappa shape index (κ3) is 5.04. The Hall–Kier alpha value is -0.650. The van der Waals surface area contributed by atoms with E-state index in [4.69, 9.17) is 10.8 Å². The van der Waals surface area contributed by atoms with Crippen molar-refractivity contribution < 1.29 is 9.90 Å². The molecule has 2 rings (SSSR count). The molecule has 0 aromatic heterocycles. The number of aliphatic carboxylic acids is 1. The number of likely N-dealkylation sites (tertiary alicyclic amines) is 1. The van der Waals surface area contributed by atoms with E-state index in [1.165, 1.54) is 25.7 Å². The Morgan fingerprint density at radius 3 is 2.65 bits per heavy atom. The molecule has 2 aliphatic rings. The lowest BCUT2D eigenvalue weighted by atomic mass is 9.91. The molecule has 1 aliphatic carbocycles. The Morgan fingerprint density at radius 1 is 1.25 bits per heavy atom. The van der Waals surface area contributed by atoms with Crippen LogP contribution in [0.4, 0.5) is 0 Å². The highest BCUT2D eigenvalue weighted by atomic mass is 16.4. The van der Waals surface area contributed by atoms with Crippen molar-refractivity contribution in [2.45, 2.75) is 44.6 Å². The van der Waals surface area contributed by atoms with Gasteiger partial charge in [-0.05, 0) is 37.6 Å². The van der Waals surface area contributed by atoms with Crippen molar-refractivity contribution in [1.82, 2.24) is 10.2 Å². The summed E-state index contributed by atoms with van der Waals surface area (Å²) in [5.74, 6) is 0.408. The summed E-state index contributed by atoms with van der Waals surface area (Å²) in [7, 11) is 0. The highest BCUT2D eigenvalue weighted by Gasteiger charge is 2.28. The van der Waals surface area contributed by atoms with Crippen molar-refractivity contribution in [2.75, 3.05) is 32.7 Å². The number of carboxylic acids is 1. The average molecular weight is 283 g/mol. The predicted molar refractivity (Wildman–Crippen MR) is 79.6 cm³/mol. The Bertz CT molecular complexity index is 305. The predicted octanol–water partition coefficient (Wildman–Crippen LogP) is 0.890. The van der Waals surface area contributed by atoms with E-state index in [1.807, 2.05) is 0 Å². The third-order valence-corrected chi connectivity index (χ3v) is 4.69. The van der Waals surface area contributed by atoms with Crippen LogP contribution >= 0.6 is 0 Å². The Kier molecular flexibility index (Phi) is 6.26. The number of nitrogens with one attached hydrogen (secondary N) is 1. The fourth-order valence-corrected chi connectivity index (χ4v) is 3.76. The minimum atomic E-state index is -0.681. The number of nitrogens with zero attached hydrogens (tertiary/aromatic N) is 1. The Balaban J connectivity index is 1.80. The van der Waals surface area contributed by atoms with E-state index in [2.05, 4.69) is 10.2 Å². The van der Waals surface area contributed by atoms with Gasteiger partial charge in [-0.1, -0.05) is 12.8 Å². The van der Waals surface area contributed by atoms with Gasteiger partial charge < -0.3 is 21.1 Å². The van der Waals surface area contributed by atoms with Gasteiger partial charge in [0.25, 0.3) is 0 Å². The van der Waals surface area contributed by atoms with Gasteiger partial charge in [-0.25, -0.2) is 0 Å². The third-order valence-electron chi connectivity index (χ3n) is 4.69. The first-order valence-electron chi connectivity index (χ1n) is 8.05. The quantitative estimate of drug-likeness (QED) is 0.647. The molecule has 0 spiro atoms. The maximum atomic E-state index is 10.9. The number of rotatable bonds is 7. The van der Waals surface area contributed by atoms with Gasteiger partial charge in [0.15, 0.2) is 0 Å². The molecule has 1 aliphatic heterocycles. The van der Waals surface area contributed by atoms with E-state index in [-0.39, 0.29) is 12.3 Å². The van der Waals surface area contributed by atoms with Crippen molar-refractivity contribution in [3.05, 3.63) is 0 Å². The minimum absolute atomic E-state index is 0.258. The van der Waals surface area contributed by atoms with Crippen molar-refractivity contribution in [3.8, 4) is 0 Å². The summed E-state index contributed by atoms with van der Waals surface area (Å²) in [6.45, 7) is 4.51. The number of piperidine rings is 1. The maximum Gasteiger partial charge on any atom is 0.303 e. The minimum Gasteiger partial charge on any atom is -0.481 e. The van der Waals surface area contributed by atoms with Crippen LogP contribution in [0.25, 0.3) is 0 Å². The summed E-state index contributed by atoms with van der Waals surface area (Å²) in [4.78, 5) is 13.3. The average Bonchev–Trinajstić information content (AvgIpc) is 2.89. The summed E-state index contributed by atoms with van der Waals surface area (Å²) in [5.41, 5.74) is 5.65. The molecule has 0 aromatic carbocycles. The molecule has 20 heavy (non-hydrogen) atoms. The van der Waals surface area contributed by atoms with Crippen LogP contribution in [0, 0.1) is 11.8 Å². The van der Waals surface area contributed by atoms with Crippen LogP contribution in [0.1, 0.15) is 38.5 Å². The van der Waals surface area contributed by atoms with E-state index < -0.39 is 5.97 Å². The molecule has 0 bridgehead atoms. The standard InChI is InChI=1S/C15H29N3O2/c16-5-6-18-10-13(8-15(19)20)7-14(11-18)17-9-12-3-1-2-4-12/h12-14,17H,1-11,16H2,(H,19,20). The lowest BCUT2D eigenvalue weighted by Gasteiger charge is -2.38. The maximum absolute atomic E-state index is 10.9. The second-order valence-corrected chi connectivity index (χ2v) is 6.50. The van der Waals surface area contributed by atoms with Crippen molar-refractivity contribution >= 4 is 5.97 Å². The van der Waals surface area contributed by atoms with Gasteiger partial charge in [-0.15, -0.1) is 0 Å². The second-order valence-electron chi connectivity index (χ2n) is 6.50. The Labute approximate surface area is 121 Å². The van der Waals surface area contributed by atoms with Crippen LogP contribution in [-0.4, -0.2) is 54.7 Å². The zero-order chi connectivity index (χ0) is 14.4. The smallest absolute Gasteiger partial charge is 0.303 e. The van der Waals surface area contributed by atoms with Gasteiger partial charge in [0, 0.05) is 38.6 Å². The van der Waals surface area contributed by atoms with Crippen LogP contribution in [0.3, 0.4) is 0 Å². The first-order valence-corrected chi connectivity index (χ1v) is 8.05. The van der Waals surface area contributed by atoms with E-state index in [0.29, 0.717) is 12.6 Å². The van der Waals surface area contributed by atoms with E-state index >= 15 is 0 Å². The number of carboxylic acid groups (broad SMARTS) is 1. The van der Waals surface area contributed by atoms with Gasteiger partial charge in [0.1, 0.15) is 0 Å². The first kappa shape index (κ1) is 15.7. The summed E-state index contributed by atoms with van der Waals surface area (Å²) >= 11 is 0. The molecule has 1 saturated heterocycles. The SMILES string of the molecule is NCCN1CC(CC(=O)O)CC(NCC2CCCC2)C1. The van der Waals surface area contributed by atoms with Gasteiger partial charge in [0.05, 0.1) is 0 Å². The van der Waals surface area contributed by atoms with Crippen molar-refractivity contribution in [1.29, 1.82) is 0 Å². The van der Waals surface area contributed by atoms with Crippen LogP contribution < -0.4 is 11.1 Å². The molecule has 1 saturated carbocycles. The van der Waals surface area contributed by atoms with Crippen molar-refractivity contribution in [3.63, 3.8) is 0 Å². The molecule has 0 aromatic rings. The van der Waals surface area contributed by atoms with Gasteiger partial charge in [0.2, 0.25) is 0 Å². The number of nitrogens with two attached hydrogens (primary N) is 1. The lowest BCUT2D eigenvalue weighted by Crippen LogP contribution is -2.51. The monoisotopic (exact) mass is 283 g/mol. The fraction of sp³-hybridized carbons (Fsp3) is 0.933. The molecule has 2 atom stereocenters. The zero-order valence-electron chi connectivity index (χ0n) is 12.4. The molecule has 2 unspecified atom stereocenters. The summed E-state index contributed by atoms with van der Waals surface area (Å²) in [5, 5.41) is 12.7. The fourth-order valence-electron chi connectivity index (χ4n) is 3.76. The van der Waals surface area contributed by atoms with Gasteiger partial charge in [-0.3, -0.25) is 4.79 Å². The summed E-state index contributed by atoms with van der Waals surface area (Å²) in [6.07, 6.45) is 6.72. The molecular weight excluding hydrogens is 254 g/mol. The van der Waals surface area contributed by atoms with Gasteiger partial charge >= 0.3 is 5.97 Å². The molecule has 116 valence electrons. The molecule has 0 amide bonds. The molecule has 1 heterocycles. The summed E-state index contributed by atoms with van der Waals surface area (Å²) < 4.78 is 0. The number of hydrogen-bond acceptors (Lipinski definition) is 4. The number of hydrogen-bond donors (Lipinski definition) is 3. The Morgan fingerprint density at radius 2 is 2.00 bits per heavy atom. The highest BCUT2D eigenvalue weighted by molar-refractivity contribution is 5.67. The van der Waals surface area contributed by atoms with E-state index in [1.54, 1.807) is 0 Å².